The molecule has 1 heterocycles. The minimum atomic E-state index is -2.25. The fourth-order valence-corrected chi connectivity index (χ4v) is 10.5. The highest BCUT2D eigenvalue weighted by atomic mass is 28.4. The molecule has 2 rings (SSSR count). The number of rotatable bonds is 7. The molecule has 0 saturated carbocycles. The molecule has 0 bridgehead atoms. The van der Waals surface area contributed by atoms with E-state index >= 15 is 0 Å². The smallest absolute Gasteiger partial charge is 0.260 e. The predicted molar refractivity (Wildman–Crippen MR) is 121 cm³/mol. The van der Waals surface area contributed by atoms with Crippen LogP contribution in [0.25, 0.3) is 0 Å². The van der Waals surface area contributed by atoms with E-state index in [2.05, 4.69) is 41.5 Å². The van der Waals surface area contributed by atoms with E-state index in [1.54, 1.807) is 0 Å². The highest BCUT2D eigenvalue weighted by molar-refractivity contribution is 6.77. The van der Waals surface area contributed by atoms with Crippen LogP contribution in [-0.2, 0) is 14.0 Å². The quantitative estimate of drug-likeness (QED) is 0.398. The molecule has 0 aromatic heterocycles. The molecule has 1 aromatic rings. The summed E-state index contributed by atoms with van der Waals surface area (Å²) >= 11 is 0. The fraction of sp³-hybridized carbons (Fsp3) is 0.667. The third kappa shape index (κ3) is 4.66. The Morgan fingerprint density at radius 2 is 1.48 bits per heavy atom. The molecule has 1 fully saturated rings. The third-order valence-electron chi connectivity index (χ3n) is 6.18. The van der Waals surface area contributed by atoms with Crippen LogP contribution < -0.4 is 0 Å². The molecular weight excluding hydrogens is 378 g/mol. The fourth-order valence-electron chi connectivity index (χ4n) is 5.00. The van der Waals surface area contributed by atoms with Gasteiger partial charge in [-0.25, -0.2) is 0 Å². The summed E-state index contributed by atoms with van der Waals surface area (Å²) in [6, 6.07) is 9.53. The zero-order chi connectivity index (χ0) is 22.1. The van der Waals surface area contributed by atoms with Crippen LogP contribution in [0, 0.1) is 5.41 Å². The molecule has 1 aliphatic heterocycles. The minimum Gasteiger partial charge on any atom is -0.402 e. The van der Waals surface area contributed by atoms with Gasteiger partial charge in [0, 0.05) is 6.42 Å². The van der Waals surface area contributed by atoms with Crippen LogP contribution in [0.5, 0.6) is 0 Å². The van der Waals surface area contributed by atoms with Gasteiger partial charge in [0.25, 0.3) is 5.91 Å². The number of imide groups is 1. The van der Waals surface area contributed by atoms with Crippen LogP contribution in [0.15, 0.2) is 30.3 Å². The Labute approximate surface area is 178 Å². The zero-order valence-electron chi connectivity index (χ0n) is 19.7. The Balaban J connectivity index is 2.43. The molecule has 0 N–H and O–H groups in total. The summed E-state index contributed by atoms with van der Waals surface area (Å²) in [4.78, 5) is 27.7. The standard InChI is InChI=1S/C24H39NO3Si/c1-16(2)29(17(3)4,18(5)6)28-22-21(19-13-11-10-12-14-19)25(23(22)27)20(26)15-24(7,8)9/h10-14,16-18,21-22H,15H2,1-9H3/t21-,22+/m0/s1. The largest absolute Gasteiger partial charge is 0.402 e. The van der Waals surface area contributed by atoms with Crippen LogP contribution in [0.2, 0.25) is 16.6 Å². The molecule has 2 amide bonds. The average molecular weight is 418 g/mol. The van der Waals surface area contributed by atoms with Gasteiger partial charge in [-0.05, 0) is 27.6 Å². The Bertz CT molecular complexity index is 700. The number of amides is 2. The molecule has 5 heteroatoms. The highest BCUT2D eigenvalue weighted by Crippen LogP contribution is 2.48. The van der Waals surface area contributed by atoms with Gasteiger partial charge in [-0.3, -0.25) is 14.5 Å². The van der Waals surface area contributed by atoms with Crippen molar-refractivity contribution in [2.75, 3.05) is 0 Å². The van der Waals surface area contributed by atoms with Gasteiger partial charge in [0.2, 0.25) is 14.2 Å². The highest BCUT2D eigenvalue weighted by Gasteiger charge is 2.57. The average Bonchev–Trinajstić information content (AvgIpc) is 2.58. The maximum absolute atomic E-state index is 13.2. The molecule has 0 aliphatic carbocycles. The predicted octanol–water partition coefficient (Wildman–Crippen LogP) is 6.09. The van der Waals surface area contributed by atoms with Gasteiger partial charge in [0.1, 0.15) is 0 Å². The van der Waals surface area contributed by atoms with E-state index in [0.717, 1.165) is 5.56 Å². The summed E-state index contributed by atoms with van der Waals surface area (Å²) in [5.74, 6) is -0.283. The second kappa shape index (κ2) is 8.72. The Morgan fingerprint density at radius 3 is 1.90 bits per heavy atom. The Morgan fingerprint density at radius 1 is 1.00 bits per heavy atom. The molecule has 0 spiro atoms. The molecule has 29 heavy (non-hydrogen) atoms. The number of benzene rings is 1. The Hall–Kier alpha value is -1.46. The SMILES string of the molecule is CC(C)[Si](O[C@H]1C(=O)N(C(=O)CC(C)(C)C)[C@H]1c1ccccc1)(C(C)C)C(C)C. The van der Waals surface area contributed by atoms with Gasteiger partial charge in [0.15, 0.2) is 6.10 Å². The van der Waals surface area contributed by atoms with E-state index in [-0.39, 0.29) is 23.3 Å². The molecule has 162 valence electrons. The molecule has 0 radical (unpaired) electrons. The third-order valence-corrected chi connectivity index (χ3v) is 12.3. The first-order chi connectivity index (χ1) is 13.3. The molecule has 0 unspecified atom stereocenters. The van der Waals surface area contributed by atoms with E-state index in [1.807, 2.05) is 51.1 Å². The number of likely N-dealkylation sites (tertiary alicyclic amines) is 1. The minimum absolute atomic E-state index is 0.109. The Kier molecular flexibility index (Phi) is 7.16. The van der Waals surface area contributed by atoms with Crippen molar-refractivity contribution in [3.8, 4) is 0 Å². The molecule has 4 nitrogen and oxygen atoms in total. The molecule has 2 atom stereocenters. The van der Waals surface area contributed by atoms with E-state index < -0.39 is 14.4 Å². The lowest BCUT2D eigenvalue weighted by molar-refractivity contribution is -0.174. The topological polar surface area (TPSA) is 46.6 Å². The van der Waals surface area contributed by atoms with Crippen molar-refractivity contribution < 1.29 is 14.0 Å². The summed E-state index contributed by atoms with van der Waals surface area (Å²) in [6.07, 6.45) is -0.226. The van der Waals surface area contributed by atoms with Crippen LogP contribution in [-0.4, -0.2) is 31.1 Å². The van der Waals surface area contributed by atoms with Gasteiger partial charge < -0.3 is 4.43 Å². The van der Waals surface area contributed by atoms with Crippen molar-refractivity contribution in [1.29, 1.82) is 0 Å². The van der Waals surface area contributed by atoms with Gasteiger partial charge in [-0.2, -0.15) is 0 Å². The summed E-state index contributed by atoms with van der Waals surface area (Å²) in [5, 5.41) is 0. The van der Waals surface area contributed by atoms with Crippen molar-refractivity contribution in [3.05, 3.63) is 35.9 Å². The van der Waals surface area contributed by atoms with Gasteiger partial charge in [-0.15, -0.1) is 0 Å². The van der Waals surface area contributed by atoms with Crippen molar-refractivity contribution in [2.45, 2.75) is 97.5 Å². The second-order valence-electron chi connectivity index (χ2n) is 10.6. The summed E-state index contributed by atoms with van der Waals surface area (Å²) in [7, 11) is -2.25. The van der Waals surface area contributed by atoms with Crippen molar-refractivity contribution >= 4 is 20.1 Å². The number of hydrogen-bond donors (Lipinski definition) is 0. The number of carbonyl (C=O) groups is 2. The number of nitrogens with zero attached hydrogens (tertiary/aromatic N) is 1. The van der Waals surface area contributed by atoms with Crippen LogP contribution >= 0.6 is 0 Å². The molecule has 1 aliphatic rings. The van der Waals surface area contributed by atoms with Gasteiger partial charge in [-0.1, -0.05) is 92.6 Å². The molecular formula is C24H39NO3Si. The lowest BCUT2D eigenvalue weighted by Crippen LogP contribution is -2.66. The first-order valence-electron chi connectivity index (χ1n) is 10.9. The van der Waals surface area contributed by atoms with E-state index in [4.69, 9.17) is 4.43 Å². The summed E-state index contributed by atoms with van der Waals surface area (Å²) in [6.45, 7) is 19.4. The van der Waals surface area contributed by atoms with Crippen LogP contribution in [0.1, 0.15) is 80.3 Å². The van der Waals surface area contributed by atoms with Crippen LogP contribution in [0.3, 0.4) is 0 Å². The van der Waals surface area contributed by atoms with Gasteiger partial charge in [0.05, 0.1) is 6.04 Å². The normalized spacial score (nSPS) is 20.6. The van der Waals surface area contributed by atoms with E-state index in [9.17, 15) is 9.59 Å². The summed E-state index contributed by atoms with van der Waals surface area (Å²) in [5.41, 5.74) is 1.94. The van der Waals surface area contributed by atoms with Crippen molar-refractivity contribution in [3.63, 3.8) is 0 Å². The second-order valence-corrected chi connectivity index (χ2v) is 16.0. The number of carbonyl (C=O) groups excluding carboxylic acids is 2. The molecule has 1 saturated heterocycles. The van der Waals surface area contributed by atoms with Crippen LogP contribution in [0.4, 0.5) is 0 Å². The first kappa shape index (κ1) is 23.8. The number of β-lactam (4-membered cyclic amide) rings is 1. The zero-order valence-corrected chi connectivity index (χ0v) is 20.7. The van der Waals surface area contributed by atoms with E-state index in [1.165, 1.54) is 4.90 Å². The lowest BCUT2D eigenvalue weighted by Gasteiger charge is -2.52. The summed E-state index contributed by atoms with van der Waals surface area (Å²) < 4.78 is 6.84. The maximum atomic E-state index is 13.2. The van der Waals surface area contributed by atoms with Crippen molar-refractivity contribution in [1.82, 2.24) is 4.90 Å². The molecule has 1 aromatic carbocycles. The lowest BCUT2D eigenvalue weighted by atomic mass is 9.86. The maximum Gasteiger partial charge on any atom is 0.260 e. The number of hydrogen-bond acceptors (Lipinski definition) is 3. The van der Waals surface area contributed by atoms with E-state index in [0.29, 0.717) is 23.0 Å². The first-order valence-corrected chi connectivity index (χ1v) is 13.1. The van der Waals surface area contributed by atoms with Gasteiger partial charge >= 0.3 is 0 Å². The van der Waals surface area contributed by atoms with Crippen molar-refractivity contribution in [2.24, 2.45) is 5.41 Å². The monoisotopic (exact) mass is 417 g/mol.